The Kier molecular flexibility index (Phi) is 7.53. The summed E-state index contributed by atoms with van der Waals surface area (Å²) in [4.78, 5) is 12.4. The maximum Gasteiger partial charge on any atom is 0.266 e. The van der Waals surface area contributed by atoms with Crippen LogP contribution in [0.2, 0.25) is 10.0 Å². The summed E-state index contributed by atoms with van der Waals surface area (Å²) in [6.45, 7) is 0.314. The largest absolute Gasteiger partial charge is 0.487 e. The number of amides is 1. The summed E-state index contributed by atoms with van der Waals surface area (Å²) in [5.41, 5.74) is 2.07. The monoisotopic (exact) mass is 500 g/mol. The summed E-state index contributed by atoms with van der Waals surface area (Å²) < 4.78 is 6.63. The lowest BCUT2D eigenvalue weighted by atomic mass is 10.1. The van der Waals surface area contributed by atoms with E-state index in [0.29, 0.717) is 33.7 Å². The molecule has 30 heavy (non-hydrogen) atoms. The van der Waals surface area contributed by atoms with Crippen LogP contribution in [0.4, 0.5) is 5.69 Å². The summed E-state index contributed by atoms with van der Waals surface area (Å²) >= 11 is 15.6. The summed E-state index contributed by atoms with van der Waals surface area (Å²) in [6.07, 6.45) is 1.47. The van der Waals surface area contributed by atoms with Crippen LogP contribution in [0.3, 0.4) is 0 Å². The van der Waals surface area contributed by atoms with Crippen molar-refractivity contribution in [3.63, 3.8) is 0 Å². The molecule has 0 aliphatic carbocycles. The third kappa shape index (κ3) is 6.11. The highest BCUT2D eigenvalue weighted by Crippen LogP contribution is 2.27. The number of nitrogens with zero attached hydrogens (tertiary/aromatic N) is 1. The molecule has 0 aliphatic heterocycles. The molecule has 0 saturated carbocycles. The smallest absolute Gasteiger partial charge is 0.266 e. The highest BCUT2D eigenvalue weighted by Gasteiger charge is 2.11. The van der Waals surface area contributed by atoms with Crippen LogP contribution in [0, 0.1) is 11.3 Å². The molecule has 0 saturated heterocycles. The van der Waals surface area contributed by atoms with Crippen molar-refractivity contribution in [3.05, 3.63) is 97.9 Å². The minimum Gasteiger partial charge on any atom is -0.487 e. The molecule has 0 unspecified atom stereocenters. The van der Waals surface area contributed by atoms with E-state index < -0.39 is 5.91 Å². The first-order valence-corrected chi connectivity index (χ1v) is 10.3. The molecule has 0 fully saturated rings. The van der Waals surface area contributed by atoms with Gasteiger partial charge in [0.25, 0.3) is 5.91 Å². The highest BCUT2D eigenvalue weighted by molar-refractivity contribution is 9.10. The molecular weight excluding hydrogens is 487 g/mol. The lowest BCUT2D eigenvalue weighted by molar-refractivity contribution is -0.112. The van der Waals surface area contributed by atoms with Crippen molar-refractivity contribution in [3.8, 4) is 11.8 Å². The molecular formula is C23H15BrCl2N2O2. The van der Waals surface area contributed by atoms with E-state index in [1.807, 2.05) is 24.3 Å². The zero-order valence-corrected chi connectivity index (χ0v) is 18.6. The van der Waals surface area contributed by atoms with Gasteiger partial charge in [-0.3, -0.25) is 4.79 Å². The number of nitrogens with one attached hydrogen (secondary N) is 1. The minimum atomic E-state index is -0.503. The number of carbonyl (C=O) groups is 1. The van der Waals surface area contributed by atoms with Crippen LogP contribution in [-0.4, -0.2) is 5.91 Å². The number of nitriles is 1. The van der Waals surface area contributed by atoms with Crippen molar-refractivity contribution in [2.45, 2.75) is 6.61 Å². The van der Waals surface area contributed by atoms with Crippen molar-refractivity contribution in [1.29, 1.82) is 5.26 Å². The average molecular weight is 502 g/mol. The zero-order chi connectivity index (χ0) is 21.5. The van der Waals surface area contributed by atoms with E-state index in [4.69, 9.17) is 27.9 Å². The molecule has 0 aliphatic rings. The van der Waals surface area contributed by atoms with Crippen LogP contribution in [-0.2, 0) is 11.4 Å². The van der Waals surface area contributed by atoms with E-state index >= 15 is 0 Å². The maximum atomic E-state index is 12.4. The van der Waals surface area contributed by atoms with Gasteiger partial charge < -0.3 is 10.1 Å². The van der Waals surface area contributed by atoms with E-state index in [-0.39, 0.29) is 5.57 Å². The Hall–Kier alpha value is -2.78. The second-order valence-corrected chi connectivity index (χ2v) is 8.00. The number of rotatable bonds is 6. The van der Waals surface area contributed by atoms with Gasteiger partial charge in [0, 0.05) is 15.2 Å². The maximum absolute atomic E-state index is 12.4. The van der Waals surface area contributed by atoms with Gasteiger partial charge in [0.2, 0.25) is 0 Å². The Labute approximate surface area is 192 Å². The summed E-state index contributed by atoms with van der Waals surface area (Å²) in [7, 11) is 0. The predicted octanol–water partition coefficient (Wildman–Crippen LogP) is 6.88. The van der Waals surface area contributed by atoms with Gasteiger partial charge in [-0.15, -0.1) is 0 Å². The van der Waals surface area contributed by atoms with Crippen LogP contribution in [0.25, 0.3) is 6.08 Å². The Morgan fingerprint density at radius 1 is 1.10 bits per heavy atom. The van der Waals surface area contributed by atoms with Crippen LogP contribution in [0.5, 0.6) is 5.75 Å². The van der Waals surface area contributed by atoms with Crippen LogP contribution in [0.15, 0.2) is 76.8 Å². The highest BCUT2D eigenvalue weighted by atomic mass is 79.9. The molecule has 3 aromatic rings. The van der Waals surface area contributed by atoms with Crippen LogP contribution >= 0.6 is 39.1 Å². The van der Waals surface area contributed by atoms with Crippen molar-refractivity contribution in [2.75, 3.05) is 5.32 Å². The molecule has 4 nitrogen and oxygen atoms in total. The number of hydrogen-bond donors (Lipinski definition) is 1. The Morgan fingerprint density at radius 2 is 1.87 bits per heavy atom. The molecule has 0 spiro atoms. The first kappa shape index (κ1) is 21.9. The number of hydrogen-bond acceptors (Lipinski definition) is 3. The average Bonchev–Trinajstić information content (AvgIpc) is 2.73. The Balaban J connectivity index is 1.70. The SMILES string of the molecule is N#C/C(=C\c1ccc(OCc2cccc(Cl)c2)c(Cl)c1)C(=O)Nc1ccc(Br)cc1. The molecule has 150 valence electrons. The van der Waals surface area contributed by atoms with Gasteiger partial charge in [0.05, 0.1) is 5.02 Å². The Morgan fingerprint density at radius 3 is 2.53 bits per heavy atom. The summed E-state index contributed by atoms with van der Waals surface area (Å²) in [6, 6.07) is 21.4. The fourth-order valence-electron chi connectivity index (χ4n) is 2.56. The second kappa shape index (κ2) is 10.3. The first-order valence-electron chi connectivity index (χ1n) is 8.80. The minimum absolute atomic E-state index is 0.0402. The fourth-order valence-corrected chi connectivity index (χ4v) is 3.28. The van der Waals surface area contributed by atoms with E-state index in [1.165, 1.54) is 6.08 Å². The molecule has 0 aromatic heterocycles. The third-order valence-electron chi connectivity index (χ3n) is 4.02. The first-order chi connectivity index (χ1) is 14.4. The standard InChI is InChI=1S/C23H15BrCl2N2O2/c24-18-5-7-20(8-6-18)28-23(29)17(13-27)10-15-4-9-22(21(26)12-15)30-14-16-2-1-3-19(25)11-16/h1-12H,14H2,(H,28,29)/b17-10+. The van der Waals surface area contributed by atoms with Gasteiger partial charge in [-0.05, 0) is 65.7 Å². The molecule has 0 heterocycles. The van der Waals surface area contributed by atoms with Crippen LogP contribution < -0.4 is 10.1 Å². The van der Waals surface area contributed by atoms with Gasteiger partial charge in [0.15, 0.2) is 0 Å². The quantitative estimate of drug-likeness (QED) is 0.295. The van der Waals surface area contributed by atoms with Gasteiger partial charge in [-0.25, -0.2) is 0 Å². The molecule has 3 rings (SSSR count). The topological polar surface area (TPSA) is 62.1 Å². The summed E-state index contributed by atoms with van der Waals surface area (Å²) in [5, 5.41) is 13.1. The van der Waals surface area contributed by atoms with Crippen LogP contribution in [0.1, 0.15) is 11.1 Å². The van der Waals surface area contributed by atoms with E-state index in [9.17, 15) is 10.1 Å². The van der Waals surface area contributed by atoms with Crippen molar-refractivity contribution < 1.29 is 9.53 Å². The van der Waals surface area contributed by atoms with Gasteiger partial charge in [-0.2, -0.15) is 5.26 Å². The number of anilines is 1. The molecule has 0 atom stereocenters. The lowest BCUT2D eigenvalue weighted by Gasteiger charge is -2.09. The number of carbonyl (C=O) groups excluding carboxylic acids is 1. The lowest BCUT2D eigenvalue weighted by Crippen LogP contribution is -2.13. The second-order valence-electron chi connectivity index (χ2n) is 6.24. The van der Waals surface area contributed by atoms with E-state index in [0.717, 1.165) is 10.0 Å². The predicted molar refractivity (Wildman–Crippen MR) is 124 cm³/mol. The molecule has 7 heteroatoms. The normalized spacial score (nSPS) is 10.9. The van der Waals surface area contributed by atoms with Gasteiger partial charge >= 0.3 is 0 Å². The van der Waals surface area contributed by atoms with Crippen molar-refractivity contribution >= 4 is 56.8 Å². The number of benzene rings is 3. The molecule has 0 radical (unpaired) electrons. The van der Waals surface area contributed by atoms with E-state index in [1.54, 1.807) is 48.5 Å². The van der Waals surface area contributed by atoms with E-state index in [2.05, 4.69) is 21.2 Å². The molecule has 1 N–H and O–H groups in total. The Bertz CT molecular complexity index is 1140. The number of halogens is 3. The third-order valence-corrected chi connectivity index (χ3v) is 5.08. The van der Waals surface area contributed by atoms with Gasteiger partial charge in [-0.1, -0.05) is 57.3 Å². The van der Waals surface area contributed by atoms with Crippen molar-refractivity contribution in [2.24, 2.45) is 0 Å². The fraction of sp³-hybridized carbons (Fsp3) is 0.0435. The zero-order valence-electron chi connectivity index (χ0n) is 15.5. The van der Waals surface area contributed by atoms with Crippen molar-refractivity contribution in [1.82, 2.24) is 0 Å². The van der Waals surface area contributed by atoms with Gasteiger partial charge in [0.1, 0.15) is 24.0 Å². The molecule has 1 amide bonds. The molecule has 3 aromatic carbocycles. The molecule has 0 bridgehead atoms. The number of ether oxygens (including phenoxy) is 1. The summed E-state index contributed by atoms with van der Waals surface area (Å²) in [5.74, 6) is -0.0103.